The van der Waals surface area contributed by atoms with E-state index in [1.54, 1.807) is 0 Å². The Morgan fingerprint density at radius 2 is 1.73 bits per heavy atom. The van der Waals surface area contributed by atoms with Crippen molar-refractivity contribution < 1.29 is 28.2 Å². The molecule has 2 aromatic carbocycles. The number of carboxylic acids is 1. The van der Waals surface area contributed by atoms with E-state index in [-0.39, 0.29) is 16.1 Å². The molecule has 0 saturated heterocycles. The number of carbonyl (C=O) groups is 1. The van der Waals surface area contributed by atoms with Crippen molar-refractivity contribution in [3.63, 3.8) is 0 Å². The van der Waals surface area contributed by atoms with E-state index in [9.17, 15) is 23.1 Å². The van der Waals surface area contributed by atoms with Gasteiger partial charge in [-0.2, -0.15) is 13.2 Å². The van der Waals surface area contributed by atoms with Gasteiger partial charge in [0.05, 0.1) is 5.56 Å². The van der Waals surface area contributed by atoms with Crippen LogP contribution in [-0.2, 0) is 11.0 Å². The molecule has 0 fully saturated rings. The Hall–Kier alpha value is -2.05. The van der Waals surface area contributed by atoms with Gasteiger partial charge in [-0.25, -0.2) is 4.79 Å². The lowest BCUT2D eigenvalue weighted by Gasteiger charge is -2.12. The highest BCUT2D eigenvalue weighted by atomic mass is 35.5. The molecule has 0 heterocycles. The van der Waals surface area contributed by atoms with Gasteiger partial charge < -0.3 is 10.2 Å². The van der Waals surface area contributed by atoms with Crippen LogP contribution in [0.2, 0.25) is 5.02 Å². The third-order valence-electron chi connectivity index (χ3n) is 3.05. The van der Waals surface area contributed by atoms with Crippen LogP contribution in [0.15, 0.2) is 42.5 Å². The van der Waals surface area contributed by atoms with Crippen LogP contribution >= 0.6 is 11.6 Å². The Balaban J connectivity index is 2.50. The Labute approximate surface area is 128 Å². The molecule has 0 aliphatic carbocycles. The number of aliphatic carboxylic acids is 1. The molecule has 7 heteroatoms. The van der Waals surface area contributed by atoms with Crippen LogP contribution < -0.4 is 0 Å². The van der Waals surface area contributed by atoms with Crippen molar-refractivity contribution in [3.05, 3.63) is 58.6 Å². The number of rotatable bonds is 3. The fourth-order valence-electron chi connectivity index (χ4n) is 1.94. The fraction of sp³-hybridized carbons (Fsp3) is 0.133. The lowest BCUT2D eigenvalue weighted by atomic mass is 9.99. The normalized spacial score (nSPS) is 13.0. The molecule has 22 heavy (non-hydrogen) atoms. The first-order chi connectivity index (χ1) is 10.2. The maximum absolute atomic E-state index is 12.7. The summed E-state index contributed by atoms with van der Waals surface area (Å²) in [6, 6.07) is 8.63. The average Bonchev–Trinajstić information content (AvgIpc) is 2.46. The van der Waals surface area contributed by atoms with E-state index in [1.165, 1.54) is 30.3 Å². The lowest BCUT2D eigenvalue weighted by molar-refractivity contribution is -0.147. The van der Waals surface area contributed by atoms with Gasteiger partial charge in [0.25, 0.3) is 0 Å². The molecular formula is C15H10ClF3O3. The second kappa shape index (κ2) is 5.98. The molecule has 0 aliphatic rings. The molecule has 0 aliphatic heterocycles. The van der Waals surface area contributed by atoms with Gasteiger partial charge in [-0.05, 0) is 35.4 Å². The second-order valence-electron chi connectivity index (χ2n) is 4.56. The summed E-state index contributed by atoms with van der Waals surface area (Å²) in [5.41, 5.74) is -0.333. The summed E-state index contributed by atoms with van der Waals surface area (Å²) < 4.78 is 38.2. The van der Waals surface area contributed by atoms with Crippen molar-refractivity contribution in [1.29, 1.82) is 0 Å². The van der Waals surface area contributed by atoms with Crippen LogP contribution in [0.3, 0.4) is 0 Å². The van der Waals surface area contributed by atoms with Crippen LogP contribution in [0.4, 0.5) is 13.2 Å². The molecule has 0 radical (unpaired) electrons. The first-order valence-corrected chi connectivity index (χ1v) is 6.46. The predicted octanol–water partition coefficient (Wildman–Crippen LogP) is 4.14. The van der Waals surface area contributed by atoms with E-state index >= 15 is 0 Å². The summed E-state index contributed by atoms with van der Waals surface area (Å²) in [5, 5.41) is 18.4. The molecule has 0 aromatic heterocycles. The average molecular weight is 331 g/mol. The minimum absolute atomic E-state index is 0.0191. The maximum Gasteiger partial charge on any atom is 0.416 e. The number of hydrogen-bond acceptors (Lipinski definition) is 2. The van der Waals surface area contributed by atoms with Crippen molar-refractivity contribution >= 4 is 17.6 Å². The number of benzene rings is 2. The molecule has 0 bridgehead atoms. The molecule has 0 saturated carbocycles. The van der Waals surface area contributed by atoms with E-state index in [4.69, 9.17) is 16.7 Å². The minimum Gasteiger partial charge on any atom is -0.479 e. The van der Waals surface area contributed by atoms with Crippen molar-refractivity contribution in [2.75, 3.05) is 0 Å². The van der Waals surface area contributed by atoms with Gasteiger partial charge in [-0.15, -0.1) is 0 Å². The molecule has 1 unspecified atom stereocenters. The number of aliphatic hydroxyl groups excluding tert-OH is 1. The Bertz CT molecular complexity index is 713. The number of aliphatic hydroxyl groups is 1. The van der Waals surface area contributed by atoms with Crippen molar-refractivity contribution in [1.82, 2.24) is 0 Å². The largest absolute Gasteiger partial charge is 0.479 e. The molecule has 2 N–H and O–H groups in total. The van der Waals surface area contributed by atoms with Gasteiger partial charge in [0.1, 0.15) is 0 Å². The van der Waals surface area contributed by atoms with Crippen LogP contribution in [-0.4, -0.2) is 16.2 Å². The first-order valence-electron chi connectivity index (χ1n) is 6.08. The van der Waals surface area contributed by atoms with Crippen molar-refractivity contribution in [2.45, 2.75) is 12.3 Å². The van der Waals surface area contributed by atoms with E-state index in [0.29, 0.717) is 5.56 Å². The monoisotopic (exact) mass is 330 g/mol. The van der Waals surface area contributed by atoms with Gasteiger partial charge in [-0.3, -0.25) is 0 Å². The SMILES string of the molecule is O=C(O)C(O)c1cc(-c2cccc(C(F)(F)F)c2)ccc1Cl. The predicted molar refractivity (Wildman–Crippen MR) is 74.5 cm³/mol. The molecule has 0 amide bonds. The van der Waals surface area contributed by atoms with Gasteiger partial charge in [0, 0.05) is 10.6 Å². The molecule has 2 aromatic rings. The number of carboxylic acid groups (broad SMARTS) is 1. The van der Waals surface area contributed by atoms with Crippen molar-refractivity contribution in [2.24, 2.45) is 0 Å². The van der Waals surface area contributed by atoms with E-state index in [2.05, 4.69) is 0 Å². The van der Waals surface area contributed by atoms with Crippen LogP contribution in [0.1, 0.15) is 17.2 Å². The molecule has 2 rings (SSSR count). The topological polar surface area (TPSA) is 57.5 Å². The summed E-state index contributed by atoms with van der Waals surface area (Å²) in [7, 11) is 0. The van der Waals surface area contributed by atoms with Crippen LogP contribution in [0.5, 0.6) is 0 Å². The maximum atomic E-state index is 12.7. The highest BCUT2D eigenvalue weighted by molar-refractivity contribution is 6.31. The Morgan fingerprint density at radius 1 is 1.09 bits per heavy atom. The standard InChI is InChI=1S/C15H10ClF3O3/c16-12-5-4-9(7-11(12)13(20)14(21)22)8-2-1-3-10(6-8)15(17,18)19/h1-7,13,20H,(H,21,22). The number of alkyl halides is 3. The molecule has 116 valence electrons. The smallest absolute Gasteiger partial charge is 0.416 e. The van der Waals surface area contributed by atoms with Gasteiger partial charge in [0.15, 0.2) is 6.10 Å². The van der Waals surface area contributed by atoms with E-state index in [0.717, 1.165) is 12.1 Å². The van der Waals surface area contributed by atoms with E-state index in [1.807, 2.05) is 0 Å². The summed E-state index contributed by atoms with van der Waals surface area (Å²) in [6.07, 6.45) is -6.33. The molecule has 1 atom stereocenters. The Kier molecular flexibility index (Phi) is 4.44. The summed E-state index contributed by atoms with van der Waals surface area (Å²) in [5.74, 6) is -1.50. The minimum atomic E-state index is -4.48. The zero-order valence-corrected chi connectivity index (χ0v) is 11.7. The van der Waals surface area contributed by atoms with Crippen LogP contribution in [0.25, 0.3) is 11.1 Å². The highest BCUT2D eigenvalue weighted by Gasteiger charge is 2.30. The quantitative estimate of drug-likeness (QED) is 0.889. The number of hydrogen-bond donors (Lipinski definition) is 2. The third kappa shape index (κ3) is 3.40. The van der Waals surface area contributed by atoms with Crippen molar-refractivity contribution in [3.8, 4) is 11.1 Å². The van der Waals surface area contributed by atoms with Gasteiger partial charge >= 0.3 is 12.1 Å². The van der Waals surface area contributed by atoms with Gasteiger partial charge in [0.2, 0.25) is 0 Å². The summed E-state index contributed by atoms with van der Waals surface area (Å²) >= 11 is 5.82. The molecular weight excluding hydrogens is 321 g/mol. The molecule has 3 nitrogen and oxygen atoms in total. The Morgan fingerprint density at radius 3 is 2.32 bits per heavy atom. The van der Waals surface area contributed by atoms with Gasteiger partial charge in [-0.1, -0.05) is 29.8 Å². The lowest BCUT2D eigenvalue weighted by Crippen LogP contribution is -2.11. The second-order valence-corrected chi connectivity index (χ2v) is 4.96. The highest BCUT2D eigenvalue weighted by Crippen LogP contribution is 2.34. The zero-order valence-electron chi connectivity index (χ0n) is 10.9. The first kappa shape index (κ1) is 16.3. The molecule has 0 spiro atoms. The van der Waals surface area contributed by atoms with Crippen LogP contribution in [0, 0.1) is 0 Å². The van der Waals surface area contributed by atoms with E-state index < -0.39 is 23.8 Å². The number of halogens is 4. The fourth-order valence-corrected chi connectivity index (χ4v) is 2.16. The summed E-state index contributed by atoms with van der Waals surface area (Å²) in [4.78, 5) is 10.8. The zero-order chi connectivity index (χ0) is 16.5. The third-order valence-corrected chi connectivity index (χ3v) is 3.39. The summed E-state index contributed by atoms with van der Waals surface area (Å²) in [6.45, 7) is 0.